The smallest absolute Gasteiger partial charge is 0.273 e. The summed E-state index contributed by atoms with van der Waals surface area (Å²) in [5.41, 5.74) is 2.65. The minimum Gasteiger partial charge on any atom is -0.322 e. The van der Waals surface area contributed by atoms with Gasteiger partial charge in [-0.1, -0.05) is 6.07 Å². The van der Waals surface area contributed by atoms with E-state index in [2.05, 4.69) is 5.32 Å². The number of nitro groups is 1. The number of thiophene rings is 1. The minimum absolute atomic E-state index is 0.0441. The van der Waals surface area contributed by atoms with E-state index >= 15 is 0 Å². The van der Waals surface area contributed by atoms with E-state index in [1.165, 1.54) is 33.8 Å². The molecule has 0 aliphatic carbocycles. The molecule has 0 bridgehead atoms. The van der Waals surface area contributed by atoms with Crippen LogP contribution in [0.3, 0.4) is 0 Å². The fourth-order valence-corrected chi connectivity index (χ4v) is 6.26. The fraction of sp³-hybridized carbons (Fsp3) is 0.190. The topological polar surface area (TPSA) is 110 Å². The number of aryl methyl sites for hydroxylation is 2. The van der Waals surface area contributed by atoms with E-state index in [1.807, 2.05) is 0 Å². The molecule has 0 unspecified atom stereocenters. The van der Waals surface area contributed by atoms with Crippen molar-refractivity contribution in [3.63, 3.8) is 0 Å². The molecule has 0 radical (unpaired) electrons. The van der Waals surface area contributed by atoms with Crippen LogP contribution in [0.15, 0.2) is 58.1 Å². The van der Waals surface area contributed by atoms with Crippen molar-refractivity contribution in [1.82, 2.24) is 0 Å². The molecule has 1 N–H and O–H groups in total. The number of benzene rings is 2. The predicted octanol–water partition coefficient (Wildman–Crippen LogP) is 4.36. The van der Waals surface area contributed by atoms with E-state index < -0.39 is 20.9 Å². The van der Waals surface area contributed by atoms with Crippen LogP contribution in [0.1, 0.15) is 27.9 Å². The summed E-state index contributed by atoms with van der Waals surface area (Å²) in [5.74, 6) is -0.392. The van der Waals surface area contributed by atoms with Gasteiger partial charge in [0.1, 0.15) is 4.21 Å². The first-order valence-corrected chi connectivity index (χ1v) is 11.8. The summed E-state index contributed by atoms with van der Waals surface area (Å²) in [6.45, 7) is 1.98. The molecule has 4 rings (SSSR count). The Morgan fingerprint density at radius 2 is 2.00 bits per heavy atom. The third-order valence-corrected chi connectivity index (χ3v) is 8.29. The maximum atomic E-state index is 13.0. The van der Waals surface area contributed by atoms with Crippen LogP contribution in [-0.2, 0) is 16.4 Å². The van der Waals surface area contributed by atoms with Gasteiger partial charge in [0.15, 0.2) is 0 Å². The monoisotopic (exact) mass is 457 g/mol. The molecular weight excluding hydrogens is 438 g/mol. The lowest BCUT2D eigenvalue weighted by Gasteiger charge is -2.30. The van der Waals surface area contributed by atoms with E-state index in [4.69, 9.17) is 0 Å². The molecule has 1 aliphatic heterocycles. The number of anilines is 2. The summed E-state index contributed by atoms with van der Waals surface area (Å²) >= 11 is 1.18. The third-order valence-electron chi connectivity index (χ3n) is 5.11. The van der Waals surface area contributed by atoms with E-state index in [1.54, 1.807) is 42.6 Å². The number of nitrogens with zero attached hydrogens (tertiary/aromatic N) is 2. The maximum Gasteiger partial charge on any atom is 0.273 e. The molecule has 1 aromatic heterocycles. The van der Waals surface area contributed by atoms with Gasteiger partial charge in [0.2, 0.25) is 0 Å². The first kappa shape index (κ1) is 21.0. The van der Waals surface area contributed by atoms with Crippen molar-refractivity contribution in [2.75, 3.05) is 16.2 Å². The van der Waals surface area contributed by atoms with E-state index in [0.29, 0.717) is 46.1 Å². The summed E-state index contributed by atoms with van der Waals surface area (Å²) in [4.78, 5) is 23.1. The van der Waals surface area contributed by atoms with Gasteiger partial charge in [0, 0.05) is 29.4 Å². The molecule has 160 valence electrons. The molecule has 2 heterocycles. The van der Waals surface area contributed by atoms with Gasteiger partial charge in [-0.05, 0) is 67.1 Å². The van der Waals surface area contributed by atoms with Crippen LogP contribution in [0.2, 0.25) is 0 Å². The molecule has 1 aliphatic rings. The fourth-order valence-electron chi connectivity index (χ4n) is 3.61. The van der Waals surface area contributed by atoms with Crippen molar-refractivity contribution in [1.29, 1.82) is 0 Å². The summed E-state index contributed by atoms with van der Waals surface area (Å²) < 4.78 is 27.7. The molecule has 2 aromatic carbocycles. The standard InChI is InChI=1S/C21H19N3O5S2/c1-14-12-16(6-8-18(14)24(26)27)21(25)22-17-7-9-19-15(13-17)4-2-10-23(19)31(28,29)20-5-3-11-30-20/h3,5-9,11-13H,2,4,10H2,1H3,(H,22,25). The second-order valence-corrected chi connectivity index (χ2v) is 10.2. The lowest BCUT2D eigenvalue weighted by molar-refractivity contribution is -0.385. The molecular formula is C21H19N3O5S2. The molecule has 8 nitrogen and oxygen atoms in total. The Labute approximate surface area is 183 Å². The van der Waals surface area contributed by atoms with Crippen molar-refractivity contribution >= 4 is 44.3 Å². The minimum atomic E-state index is -3.62. The zero-order chi connectivity index (χ0) is 22.2. The Bertz CT molecular complexity index is 1270. The highest BCUT2D eigenvalue weighted by Crippen LogP contribution is 2.35. The molecule has 0 atom stereocenters. The Morgan fingerprint density at radius 1 is 1.19 bits per heavy atom. The summed E-state index contributed by atoms with van der Waals surface area (Å²) in [6, 6.07) is 12.6. The van der Waals surface area contributed by atoms with Crippen molar-refractivity contribution in [3.8, 4) is 0 Å². The van der Waals surface area contributed by atoms with Crippen LogP contribution in [-0.4, -0.2) is 25.8 Å². The highest BCUT2D eigenvalue weighted by Gasteiger charge is 2.30. The van der Waals surface area contributed by atoms with Gasteiger partial charge in [0.05, 0.1) is 10.6 Å². The summed E-state index contributed by atoms with van der Waals surface area (Å²) in [5, 5.41) is 15.5. The first-order chi connectivity index (χ1) is 14.8. The molecule has 10 heteroatoms. The number of nitro benzene ring substituents is 1. The van der Waals surface area contributed by atoms with Gasteiger partial charge >= 0.3 is 0 Å². The van der Waals surface area contributed by atoms with Gasteiger partial charge in [-0.15, -0.1) is 11.3 Å². The van der Waals surface area contributed by atoms with Crippen molar-refractivity contribution in [2.24, 2.45) is 0 Å². The SMILES string of the molecule is Cc1cc(C(=O)Nc2ccc3c(c2)CCCN3S(=O)(=O)c2cccs2)ccc1[N+](=O)[O-]. The normalized spacial score (nSPS) is 13.5. The Kier molecular flexibility index (Phi) is 5.50. The van der Waals surface area contributed by atoms with Crippen LogP contribution in [0.5, 0.6) is 0 Å². The molecule has 0 spiro atoms. The van der Waals surface area contributed by atoms with Gasteiger partial charge in [-0.25, -0.2) is 8.42 Å². The lowest BCUT2D eigenvalue weighted by atomic mass is 10.0. The second kappa shape index (κ2) is 8.12. The molecule has 0 fully saturated rings. The van der Waals surface area contributed by atoms with Crippen molar-refractivity contribution in [3.05, 3.63) is 80.7 Å². The van der Waals surface area contributed by atoms with Crippen molar-refractivity contribution in [2.45, 2.75) is 24.0 Å². The van der Waals surface area contributed by atoms with Crippen LogP contribution >= 0.6 is 11.3 Å². The number of hydrogen-bond donors (Lipinski definition) is 1. The summed E-state index contributed by atoms with van der Waals surface area (Å²) in [6.07, 6.45) is 1.38. The largest absolute Gasteiger partial charge is 0.322 e. The zero-order valence-electron chi connectivity index (χ0n) is 16.6. The van der Waals surface area contributed by atoms with Gasteiger partial charge in [-0.3, -0.25) is 19.2 Å². The van der Waals surface area contributed by atoms with Crippen LogP contribution in [0.25, 0.3) is 0 Å². The first-order valence-electron chi connectivity index (χ1n) is 9.53. The van der Waals surface area contributed by atoms with E-state index in [-0.39, 0.29) is 5.69 Å². The number of rotatable bonds is 5. The number of hydrogen-bond acceptors (Lipinski definition) is 6. The molecule has 1 amide bonds. The van der Waals surface area contributed by atoms with Gasteiger partial charge in [-0.2, -0.15) is 0 Å². The molecule has 0 saturated carbocycles. The quantitative estimate of drug-likeness (QED) is 0.452. The number of carbonyl (C=O) groups excluding carboxylic acids is 1. The van der Waals surface area contributed by atoms with Gasteiger partial charge in [0.25, 0.3) is 21.6 Å². The highest BCUT2D eigenvalue weighted by molar-refractivity contribution is 7.94. The van der Waals surface area contributed by atoms with E-state index in [9.17, 15) is 23.3 Å². The van der Waals surface area contributed by atoms with Crippen molar-refractivity contribution < 1.29 is 18.1 Å². The number of nitrogens with one attached hydrogen (secondary N) is 1. The summed E-state index contributed by atoms with van der Waals surface area (Å²) in [7, 11) is -3.62. The molecule has 31 heavy (non-hydrogen) atoms. The lowest BCUT2D eigenvalue weighted by Crippen LogP contribution is -2.35. The average molecular weight is 458 g/mol. The Hall–Kier alpha value is -3.24. The number of amides is 1. The predicted molar refractivity (Wildman–Crippen MR) is 119 cm³/mol. The maximum absolute atomic E-state index is 13.0. The Balaban J connectivity index is 1.58. The van der Waals surface area contributed by atoms with Crippen LogP contribution < -0.4 is 9.62 Å². The van der Waals surface area contributed by atoms with E-state index in [0.717, 1.165) is 5.56 Å². The third kappa shape index (κ3) is 4.04. The Morgan fingerprint density at radius 3 is 2.68 bits per heavy atom. The van der Waals surface area contributed by atoms with Crippen LogP contribution in [0.4, 0.5) is 17.1 Å². The molecule has 0 saturated heterocycles. The molecule has 3 aromatic rings. The number of sulfonamides is 1. The van der Waals surface area contributed by atoms with Crippen LogP contribution in [0, 0.1) is 17.0 Å². The zero-order valence-corrected chi connectivity index (χ0v) is 18.2. The van der Waals surface area contributed by atoms with Gasteiger partial charge < -0.3 is 5.32 Å². The average Bonchev–Trinajstić information content (AvgIpc) is 3.28. The number of carbonyl (C=O) groups is 1. The number of fused-ring (bicyclic) bond motifs is 1. The highest BCUT2D eigenvalue weighted by atomic mass is 32.2. The second-order valence-electron chi connectivity index (χ2n) is 7.17.